The SMILES string of the molecule is O=C(O)Cn1c(-c2cccc(Cl)c2)nc2ccc([C@H]3C[C@@H](CN4CCCCC4)C3)cc2c1=O. The minimum absolute atomic E-state index is 0.315. The fourth-order valence-corrected chi connectivity index (χ4v) is 5.48. The number of carbonyl (C=O) groups is 1. The zero-order chi connectivity index (χ0) is 22.9. The van der Waals surface area contributed by atoms with E-state index in [-0.39, 0.29) is 5.56 Å². The monoisotopic (exact) mass is 465 g/mol. The normalized spacial score (nSPS) is 21.1. The molecule has 1 saturated carbocycles. The highest BCUT2D eigenvalue weighted by atomic mass is 35.5. The van der Waals surface area contributed by atoms with Crippen molar-refractivity contribution in [3.63, 3.8) is 0 Å². The van der Waals surface area contributed by atoms with E-state index in [2.05, 4.69) is 16.0 Å². The van der Waals surface area contributed by atoms with E-state index in [0.29, 0.717) is 33.2 Å². The van der Waals surface area contributed by atoms with Crippen molar-refractivity contribution in [1.29, 1.82) is 0 Å². The Morgan fingerprint density at radius 3 is 2.61 bits per heavy atom. The zero-order valence-electron chi connectivity index (χ0n) is 18.5. The Morgan fingerprint density at radius 2 is 1.88 bits per heavy atom. The van der Waals surface area contributed by atoms with E-state index in [9.17, 15) is 14.7 Å². The molecule has 2 fully saturated rings. The van der Waals surface area contributed by atoms with Gasteiger partial charge in [0.2, 0.25) is 0 Å². The van der Waals surface area contributed by atoms with Gasteiger partial charge in [-0.25, -0.2) is 4.98 Å². The van der Waals surface area contributed by atoms with Gasteiger partial charge in [-0.1, -0.05) is 36.2 Å². The van der Waals surface area contributed by atoms with Crippen LogP contribution in [0.25, 0.3) is 22.3 Å². The number of fused-ring (bicyclic) bond motifs is 1. The van der Waals surface area contributed by atoms with Crippen LogP contribution in [0.15, 0.2) is 47.3 Å². The highest BCUT2D eigenvalue weighted by Crippen LogP contribution is 2.42. The fraction of sp³-hybridized carbons (Fsp3) is 0.423. The smallest absolute Gasteiger partial charge is 0.323 e. The number of aliphatic carboxylic acids is 1. The summed E-state index contributed by atoms with van der Waals surface area (Å²) >= 11 is 6.13. The molecule has 1 N–H and O–H groups in total. The van der Waals surface area contributed by atoms with Crippen molar-refractivity contribution < 1.29 is 9.90 Å². The van der Waals surface area contributed by atoms with E-state index >= 15 is 0 Å². The van der Waals surface area contributed by atoms with E-state index in [1.807, 2.05) is 12.1 Å². The molecule has 6 nitrogen and oxygen atoms in total. The molecule has 2 aromatic carbocycles. The molecule has 0 atom stereocenters. The Bertz CT molecular complexity index is 1240. The molecule has 0 radical (unpaired) electrons. The van der Waals surface area contributed by atoms with Crippen LogP contribution in [0.3, 0.4) is 0 Å². The molecule has 7 heteroatoms. The molecular formula is C26H28ClN3O3. The highest BCUT2D eigenvalue weighted by molar-refractivity contribution is 6.30. The molecule has 1 aromatic heterocycles. The van der Waals surface area contributed by atoms with Crippen LogP contribution >= 0.6 is 11.6 Å². The molecular weight excluding hydrogens is 438 g/mol. The summed E-state index contributed by atoms with van der Waals surface area (Å²) in [5, 5.41) is 10.4. The van der Waals surface area contributed by atoms with Gasteiger partial charge in [0.05, 0.1) is 10.9 Å². The second-order valence-electron chi connectivity index (χ2n) is 9.40. The molecule has 0 bridgehead atoms. The van der Waals surface area contributed by atoms with E-state index < -0.39 is 12.5 Å². The quantitative estimate of drug-likeness (QED) is 0.567. The van der Waals surface area contributed by atoms with E-state index in [0.717, 1.165) is 24.3 Å². The average Bonchev–Trinajstić information content (AvgIpc) is 2.78. The Labute approximate surface area is 197 Å². The van der Waals surface area contributed by atoms with Crippen LogP contribution in [0.4, 0.5) is 0 Å². The topological polar surface area (TPSA) is 75.4 Å². The molecule has 0 spiro atoms. The second kappa shape index (κ2) is 9.27. The summed E-state index contributed by atoms with van der Waals surface area (Å²) in [7, 11) is 0. The number of halogens is 1. The first kappa shape index (κ1) is 22.1. The number of carboxylic acid groups (broad SMARTS) is 1. The number of rotatable bonds is 6. The first-order valence-electron chi connectivity index (χ1n) is 11.7. The Balaban J connectivity index is 1.43. The number of nitrogens with zero attached hydrogens (tertiary/aromatic N) is 3. The summed E-state index contributed by atoms with van der Waals surface area (Å²) in [6, 6.07) is 12.9. The van der Waals surface area contributed by atoms with Crippen molar-refractivity contribution in [2.24, 2.45) is 5.92 Å². The summed E-state index contributed by atoms with van der Waals surface area (Å²) in [6.07, 6.45) is 6.26. The zero-order valence-corrected chi connectivity index (χ0v) is 19.3. The first-order valence-corrected chi connectivity index (χ1v) is 12.1. The molecule has 3 aromatic rings. The molecule has 5 rings (SSSR count). The van der Waals surface area contributed by atoms with Crippen molar-refractivity contribution in [2.75, 3.05) is 19.6 Å². The number of aromatic nitrogens is 2. The van der Waals surface area contributed by atoms with E-state index in [4.69, 9.17) is 11.6 Å². The molecule has 33 heavy (non-hydrogen) atoms. The van der Waals surface area contributed by atoms with Crippen LogP contribution in [-0.2, 0) is 11.3 Å². The summed E-state index contributed by atoms with van der Waals surface area (Å²) in [5.41, 5.74) is 2.01. The van der Waals surface area contributed by atoms with Crippen LogP contribution in [0.5, 0.6) is 0 Å². The number of hydrogen-bond donors (Lipinski definition) is 1. The van der Waals surface area contributed by atoms with Gasteiger partial charge >= 0.3 is 5.97 Å². The summed E-state index contributed by atoms with van der Waals surface area (Å²) < 4.78 is 1.24. The van der Waals surface area contributed by atoms with Crippen molar-refractivity contribution >= 4 is 28.5 Å². The van der Waals surface area contributed by atoms with Crippen molar-refractivity contribution in [3.8, 4) is 11.4 Å². The van der Waals surface area contributed by atoms with Gasteiger partial charge in [-0.3, -0.25) is 14.2 Å². The molecule has 1 aliphatic heterocycles. The van der Waals surface area contributed by atoms with E-state index in [1.165, 1.54) is 43.5 Å². The van der Waals surface area contributed by atoms with Gasteiger partial charge in [-0.05, 0) is 80.4 Å². The van der Waals surface area contributed by atoms with Crippen LogP contribution in [0.1, 0.15) is 43.6 Å². The number of likely N-dealkylation sites (tertiary alicyclic amines) is 1. The number of piperidine rings is 1. The minimum Gasteiger partial charge on any atom is -0.480 e. The van der Waals surface area contributed by atoms with Crippen LogP contribution in [0.2, 0.25) is 5.02 Å². The lowest BCUT2D eigenvalue weighted by Gasteiger charge is -2.40. The summed E-state index contributed by atoms with van der Waals surface area (Å²) in [6.45, 7) is 3.18. The Kier molecular flexibility index (Phi) is 6.21. The van der Waals surface area contributed by atoms with Crippen LogP contribution in [0, 0.1) is 5.92 Å². The van der Waals surface area contributed by atoms with Crippen molar-refractivity contribution in [1.82, 2.24) is 14.5 Å². The van der Waals surface area contributed by atoms with Gasteiger partial charge in [-0.15, -0.1) is 0 Å². The lowest BCUT2D eigenvalue weighted by molar-refractivity contribution is -0.137. The molecule has 1 saturated heterocycles. The standard InChI is InChI=1S/C26H28ClN3O3/c27-21-6-4-5-19(13-21)25-28-23-8-7-18(14-22(23)26(33)30(25)16-24(31)32)20-11-17(12-20)15-29-9-2-1-3-10-29/h4-8,13-14,17,20H,1-3,9-12,15-16H2,(H,31,32)/t17-,20+. The minimum atomic E-state index is -1.09. The molecule has 2 heterocycles. The summed E-state index contributed by atoms with van der Waals surface area (Å²) in [5.74, 6) is 0.396. The van der Waals surface area contributed by atoms with Gasteiger partial charge in [-0.2, -0.15) is 0 Å². The van der Waals surface area contributed by atoms with Gasteiger partial charge < -0.3 is 10.0 Å². The lowest BCUT2D eigenvalue weighted by atomic mass is 9.71. The highest BCUT2D eigenvalue weighted by Gasteiger charge is 2.32. The maximum atomic E-state index is 13.4. The van der Waals surface area contributed by atoms with Gasteiger partial charge in [0.25, 0.3) is 5.56 Å². The van der Waals surface area contributed by atoms with Crippen LogP contribution in [-0.4, -0.2) is 45.2 Å². The largest absolute Gasteiger partial charge is 0.480 e. The first-order chi connectivity index (χ1) is 16.0. The third-order valence-electron chi connectivity index (χ3n) is 7.03. The summed E-state index contributed by atoms with van der Waals surface area (Å²) in [4.78, 5) is 32.2. The fourth-order valence-electron chi connectivity index (χ4n) is 5.29. The maximum absolute atomic E-state index is 13.4. The Morgan fingerprint density at radius 1 is 1.09 bits per heavy atom. The lowest BCUT2D eigenvalue weighted by Crippen LogP contribution is -2.38. The van der Waals surface area contributed by atoms with E-state index in [1.54, 1.807) is 24.3 Å². The molecule has 1 aliphatic carbocycles. The van der Waals surface area contributed by atoms with Crippen LogP contribution < -0.4 is 5.56 Å². The van der Waals surface area contributed by atoms with Gasteiger partial charge in [0.15, 0.2) is 0 Å². The Hall–Kier alpha value is -2.70. The van der Waals surface area contributed by atoms with Gasteiger partial charge in [0.1, 0.15) is 12.4 Å². The van der Waals surface area contributed by atoms with Crippen molar-refractivity contribution in [3.05, 3.63) is 63.4 Å². The second-order valence-corrected chi connectivity index (χ2v) is 9.84. The molecule has 0 amide bonds. The third-order valence-corrected chi connectivity index (χ3v) is 7.26. The molecule has 2 aliphatic rings. The molecule has 0 unspecified atom stereocenters. The maximum Gasteiger partial charge on any atom is 0.323 e. The number of carboxylic acids is 1. The number of benzene rings is 2. The third kappa shape index (κ3) is 4.68. The van der Waals surface area contributed by atoms with Crippen molar-refractivity contribution in [2.45, 2.75) is 44.6 Å². The average molecular weight is 466 g/mol. The predicted molar refractivity (Wildman–Crippen MR) is 130 cm³/mol. The number of hydrogen-bond acceptors (Lipinski definition) is 4. The molecule has 172 valence electrons. The predicted octanol–water partition coefficient (Wildman–Crippen LogP) is 4.78. The van der Waals surface area contributed by atoms with Gasteiger partial charge in [0, 0.05) is 17.1 Å².